The van der Waals surface area contributed by atoms with Crippen LogP contribution >= 0.6 is 27.3 Å². The molecule has 0 aliphatic carbocycles. The number of carbonyl (C=O) groups is 1. The van der Waals surface area contributed by atoms with E-state index in [0.717, 1.165) is 20.4 Å². The molecule has 5 nitrogen and oxygen atoms in total. The van der Waals surface area contributed by atoms with Crippen LogP contribution in [-0.4, -0.2) is 30.3 Å². The number of aromatic nitrogens is 1. The van der Waals surface area contributed by atoms with Crippen molar-refractivity contribution in [3.05, 3.63) is 57.8 Å². The summed E-state index contributed by atoms with van der Waals surface area (Å²) >= 11 is 5.00. The van der Waals surface area contributed by atoms with Crippen LogP contribution in [-0.2, 0) is 16.1 Å². The zero-order valence-corrected chi connectivity index (χ0v) is 17.5. The van der Waals surface area contributed by atoms with Crippen LogP contribution in [0.3, 0.4) is 0 Å². The zero-order chi connectivity index (χ0) is 19.1. The maximum atomic E-state index is 12.3. The van der Waals surface area contributed by atoms with E-state index in [-0.39, 0.29) is 12.3 Å². The van der Waals surface area contributed by atoms with E-state index >= 15 is 0 Å². The van der Waals surface area contributed by atoms with Crippen LogP contribution in [0.4, 0.5) is 0 Å². The summed E-state index contributed by atoms with van der Waals surface area (Å²) in [6.07, 6.45) is 0.234. The third-order valence-electron chi connectivity index (χ3n) is 3.86. The minimum atomic E-state index is -0.193. The van der Waals surface area contributed by atoms with Crippen LogP contribution in [0, 0.1) is 0 Å². The summed E-state index contributed by atoms with van der Waals surface area (Å²) in [6.45, 7) is 4.17. The fourth-order valence-corrected chi connectivity index (χ4v) is 4.21. The Balaban J connectivity index is 1.76. The first-order valence-electron chi connectivity index (χ1n) is 8.79. The number of hydrogen-bond acceptors (Lipinski definition) is 4. The number of carbonyl (C=O) groups excluding carboxylic acids is 1. The van der Waals surface area contributed by atoms with Crippen molar-refractivity contribution in [2.45, 2.75) is 19.9 Å². The van der Waals surface area contributed by atoms with Crippen molar-refractivity contribution >= 4 is 43.4 Å². The van der Waals surface area contributed by atoms with Crippen LogP contribution in [0.15, 0.2) is 58.0 Å². The number of hydrogen-bond donors (Lipinski definition) is 0. The average molecular weight is 449 g/mol. The minimum absolute atomic E-state index is 0.193. The Morgan fingerprint density at radius 2 is 2.00 bits per heavy atom. The molecule has 0 aliphatic heterocycles. The zero-order valence-electron chi connectivity index (χ0n) is 15.1. The van der Waals surface area contributed by atoms with E-state index < -0.39 is 0 Å². The van der Waals surface area contributed by atoms with Crippen molar-refractivity contribution in [1.29, 1.82) is 0 Å². The van der Waals surface area contributed by atoms with Crippen molar-refractivity contribution in [2.24, 2.45) is 4.99 Å². The van der Waals surface area contributed by atoms with E-state index in [1.807, 2.05) is 60.0 Å². The second-order valence-corrected chi connectivity index (χ2v) is 7.69. The van der Waals surface area contributed by atoms with Crippen molar-refractivity contribution in [3.63, 3.8) is 0 Å². The molecule has 0 bridgehead atoms. The summed E-state index contributed by atoms with van der Waals surface area (Å²) < 4.78 is 15.2. The van der Waals surface area contributed by atoms with E-state index in [4.69, 9.17) is 9.47 Å². The lowest BCUT2D eigenvalue weighted by Gasteiger charge is -2.06. The lowest BCUT2D eigenvalue weighted by molar-refractivity contribution is -0.118. The predicted octanol–water partition coefficient (Wildman–Crippen LogP) is 4.40. The minimum Gasteiger partial charge on any atom is -0.493 e. The Hall–Kier alpha value is -1.96. The molecule has 1 heterocycles. The molecule has 142 valence electrons. The van der Waals surface area contributed by atoms with Gasteiger partial charge < -0.3 is 14.0 Å². The summed E-state index contributed by atoms with van der Waals surface area (Å²) in [7, 11) is 0. The Morgan fingerprint density at radius 1 is 1.19 bits per heavy atom. The molecule has 0 aliphatic rings. The Bertz CT molecular complexity index is 966. The normalized spacial score (nSPS) is 11.9. The quantitative estimate of drug-likeness (QED) is 0.479. The standard InChI is InChI=1S/C20H21BrN2O3S/c1-2-25-13-11-23-17-9-8-15(21)14-18(17)27-20(23)22-19(24)10-12-26-16-6-4-3-5-7-16/h3-9,14H,2,10-13H2,1H3. The number of ether oxygens (including phenoxy) is 2. The third kappa shape index (κ3) is 5.51. The highest BCUT2D eigenvalue weighted by Crippen LogP contribution is 2.22. The molecule has 0 atom stereocenters. The number of fused-ring (bicyclic) bond motifs is 1. The lowest BCUT2D eigenvalue weighted by Crippen LogP contribution is -2.20. The highest BCUT2D eigenvalue weighted by Gasteiger charge is 2.09. The summed E-state index contributed by atoms with van der Waals surface area (Å²) in [5, 5.41) is 0. The van der Waals surface area contributed by atoms with Crippen molar-refractivity contribution < 1.29 is 14.3 Å². The first-order valence-corrected chi connectivity index (χ1v) is 10.4. The van der Waals surface area contributed by atoms with E-state index in [1.165, 1.54) is 11.3 Å². The highest BCUT2D eigenvalue weighted by molar-refractivity contribution is 9.10. The lowest BCUT2D eigenvalue weighted by atomic mass is 10.3. The number of thiazole rings is 1. The van der Waals surface area contributed by atoms with Gasteiger partial charge in [0.25, 0.3) is 5.91 Å². The van der Waals surface area contributed by atoms with Gasteiger partial charge in [-0.25, -0.2) is 0 Å². The van der Waals surface area contributed by atoms with Crippen LogP contribution in [0.25, 0.3) is 10.2 Å². The SMILES string of the molecule is CCOCCn1c(=NC(=O)CCOc2ccccc2)sc2cc(Br)ccc21. The van der Waals surface area contributed by atoms with E-state index in [2.05, 4.69) is 20.9 Å². The van der Waals surface area contributed by atoms with Gasteiger partial charge in [0.1, 0.15) is 5.75 Å². The van der Waals surface area contributed by atoms with Gasteiger partial charge in [0.2, 0.25) is 0 Å². The molecule has 2 aromatic carbocycles. The maximum absolute atomic E-state index is 12.3. The summed E-state index contributed by atoms with van der Waals surface area (Å²) in [5.74, 6) is 0.561. The second kappa shape index (κ2) is 9.82. The number of rotatable bonds is 8. The van der Waals surface area contributed by atoms with Gasteiger partial charge >= 0.3 is 0 Å². The number of nitrogens with zero attached hydrogens (tertiary/aromatic N) is 2. The monoisotopic (exact) mass is 448 g/mol. The van der Waals surface area contributed by atoms with Crippen molar-refractivity contribution in [2.75, 3.05) is 19.8 Å². The van der Waals surface area contributed by atoms with E-state index in [1.54, 1.807) is 0 Å². The first kappa shape index (κ1) is 19.8. The van der Waals surface area contributed by atoms with Gasteiger partial charge in [-0.1, -0.05) is 45.5 Å². The molecule has 1 amide bonds. The van der Waals surface area contributed by atoms with Gasteiger partial charge in [-0.15, -0.1) is 0 Å². The molecule has 0 saturated heterocycles. The summed E-state index contributed by atoms with van der Waals surface area (Å²) in [6, 6.07) is 15.5. The van der Waals surface area contributed by atoms with Crippen molar-refractivity contribution in [1.82, 2.24) is 4.57 Å². The molecule has 0 saturated carbocycles. The molecule has 0 N–H and O–H groups in total. The number of amides is 1. The molecule has 3 rings (SSSR count). The molecule has 7 heteroatoms. The van der Waals surface area contributed by atoms with Crippen LogP contribution in [0.2, 0.25) is 0 Å². The molecular formula is C20H21BrN2O3S. The van der Waals surface area contributed by atoms with Gasteiger partial charge in [-0.2, -0.15) is 4.99 Å². The molecular weight excluding hydrogens is 428 g/mol. The number of benzene rings is 2. The van der Waals surface area contributed by atoms with Gasteiger partial charge in [0, 0.05) is 17.6 Å². The van der Waals surface area contributed by atoms with Gasteiger partial charge in [-0.3, -0.25) is 4.79 Å². The predicted molar refractivity (Wildman–Crippen MR) is 111 cm³/mol. The fourth-order valence-electron chi connectivity index (χ4n) is 2.58. The van der Waals surface area contributed by atoms with Gasteiger partial charge in [0.05, 0.1) is 29.9 Å². The summed E-state index contributed by atoms with van der Waals surface area (Å²) in [5.41, 5.74) is 1.05. The molecule has 0 radical (unpaired) electrons. The van der Waals surface area contributed by atoms with Crippen LogP contribution in [0.5, 0.6) is 5.75 Å². The third-order valence-corrected chi connectivity index (χ3v) is 5.39. The smallest absolute Gasteiger partial charge is 0.251 e. The molecule has 3 aromatic rings. The van der Waals surface area contributed by atoms with E-state index in [9.17, 15) is 4.79 Å². The highest BCUT2D eigenvalue weighted by atomic mass is 79.9. The van der Waals surface area contributed by atoms with Crippen LogP contribution < -0.4 is 9.54 Å². The Kier molecular flexibility index (Phi) is 7.20. The number of para-hydroxylation sites is 1. The Labute approximate surface area is 170 Å². The van der Waals surface area contributed by atoms with Gasteiger partial charge in [-0.05, 0) is 37.3 Å². The number of halogens is 1. The molecule has 0 unspecified atom stereocenters. The first-order chi connectivity index (χ1) is 13.2. The fraction of sp³-hybridized carbons (Fsp3) is 0.300. The summed E-state index contributed by atoms with van der Waals surface area (Å²) in [4.78, 5) is 17.3. The largest absolute Gasteiger partial charge is 0.493 e. The second-order valence-electron chi connectivity index (χ2n) is 5.76. The van der Waals surface area contributed by atoms with E-state index in [0.29, 0.717) is 31.2 Å². The molecule has 27 heavy (non-hydrogen) atoms. The van der Waals surface area contributed by atoms with Crippen LogP contribution in [0.1, 0.15) is 13.3 Å². The van der Waals surface area contributed by atoms with Gasteiger partial charge in [0.15, 0.2) is 4.80 Å². The molecule has 0 spiro atoms. The molecule has 1 aromatic heterocycles. The average Bonchev–Trinajstić information content (AvgIpc) is 2.99. The Morgan fingerprint density at radius 3 is 2.78 bits per heavy atom. The maximum Gasteiger partial charge on any atom is 0.251 e. The van der Waals surface area contributed by atoms with Crippen molar-refractivity contribution in [3.8, 4) is 5.75 Å². The topological polar surface area (TPSA) is 52.8 Å². The molecule has 0 fully saturated rings.